The van der Waals surface area contributed by atoms with Crippen LogP contribution < -0.4 is 18.9 Å². The van der Waals surface area contributed by atoms with Crippen molar-refractivity contribution < 1.29 is 24.1 Å². The molecule has 0 spiro atoms. The fraction of sp³-hybridized carbons (Fsp3) is 0.250. The van der Waals surface area contributed by atoms with Gasteiger partial charge in [-0.3, -0.25) is 0 Å². The van der Waals surface area contributed by atoms with Gasteiger partial charge < -0.3 is 24.1 Å². The third-order valence-corrected chi connectivity index (χ3v) is 3.60. The van der Waals surface area contributed by atoms with Gasteiger partial charge in [0.25, 0.3) is 0 Å². The lowest BCUT2D eigenvalue weighted by Gasteiger charge is -2.11. The minimum Gasteiger partial charge on any atom is -0.504 e. The summed E-state index contributed by atoms with van der Waals surface area (Å²) in [5.74, 6) is 2.56. The Morgan fingerprint density at radius 2 is 2.00 bits per heavy atom. The Bertz CT molecular complexity index is 710. The van der Waals surface area contributed by atoms with E-state index < -0.39 is 6.29 Å². The Kier molecular flexibility index (Phi) is 2.60. The molecule has 0 aliphatic carbocycles. The number of rotatable bonds is 2. The van der Waals surface area contributed by atoms with Crippen molar-refractivity contribution in [1.82, 2.24) is 0 Å². The molecular formula is C16H14O5. The first-order valence-electron chi connectivity index (χ1n) is 6.75. The van der Waals surface area contributed by atoms with Crippen molar-refractivity contribution in [2.75, 3.05) is 6.79 Å². The Hall–Kier alpha value is -2.56. The molecule has 108 valence electrons. The number of phenols is 1. The zero-order valence-corrected chi connectivity index (χ0v) is 11.5. The van der Waals surface area contributed by atoms with Gasteiger partial charge in [-0.05, 0) is 36.2 Å². The van der Waals surface area contributed by atoms with Gasteiger partial charge >= 0.3 is 0 Å². The van der Waals surface area contributed by atoms with Crippen LogP contribution >= 0.6 is 0 Å². The molecule has 0 amide bonds. The Morgan fingerprint density at radius 1 is 1.10 bits per heavy atom. The maximum atomic E-state index is 9.92. The van der Waals surface area contributed by atoms with E-state index in [1.54, 1.807) is 6.07 Å². The monoisotopic (exact) mass is 286 g/mol. The third kappa shape index (κ3) is 2.01. The molecular weight excluding hydrogens is 272 g/mol. The quantitative estimate of drug-likeness (QED) is 0.920. The van der Waals surface area contributed by atoms with Crippen LogP contribution in [-0.2, 0) is 6.42 Å². The lowest BCUT2D eigenvalue weighted by molar-refractivity contribution is 0.0499. The molecule has 2 aromatic carbocycles. The molecule has 2 aliphatic rings. The second-order valence-electron chi connectivity index (χ2n) is 5.12. The number of fused-ring (bicyclic) bond motifs is 2. The van der Waals surface area contributed by atoms with Gasteiger partial charge in [0.1, 0.15) is 0 Å². The number of hydrogen-bond acceptors (Lipinski definition) is 5. The van der Waals surface area contributed by atoms with E-state index in [0.29, 0.717) is 17.9 Å². The largest absolute Gasteiger partial charge is 0.504 e. The topological polar surface area (TPSA) is 57.2 Å². The normalized spacial score (nSPS) is 18.0. The minimum absolute atomic E-state index is 0.0756. The first-order valence-corrected chi connectivity index (χ1v) is 6.75. The van der Waals surface area contributed by atoms with Crippen molar-refractivity contribution in [2.45, 2.75) is 19.6 Å². The Morgan fingerprint density at radius 3 is 2.86 bits per heavy atom. The van der Waals surface area contributed by atoms with Gasteiger partial charge in [-0.2, -0.15) is 0 Å². The van der Waals surface area contributed by atoms with E-state index in [9.17, 15) is 5.11 Å². The molecule has 1 atom stereocenters. The molecule has 1 unspecified atom stereocenters. The van der Waals surface area contributed by atoms with Crippen molar-refractivity contribution in [1.29, 1.82) is 0 Å². The van der Waals surface area contributed by atoms with E-state index in [1.807, 2.05) is 31.2 Å². The highest BCUT2D eigenvalue weighted by Gasteiger charge is 2.27. The number of ether oxygens (including phenoxy) is 4. The first kappa shape index (κ1) is 12.2. The fourth-order valence-corrected chi connectivity index (χ4v) is 2.61. The van der Waals surface area contributed by atoms with Crippen molar-refractivity contribution in [3.05, 3.63) is 41.5 Å². The van der Waals surface area contributed by atoms with E-state index in [1.165, 1.54) is 0 Å². The van der Waals surface area contributed by atoms with Crippen molar-refractivity contribution in [2.24, 2.45) is 0 Å². The molecule has 2 aromatic rings. The summed E-state index contributed by atoms with van der Waals surface area (Å²) in [6, 6.07) is 9.30. The predicted octanol–water partition coefficient (Wildman–Crippen LogP) is 2.77. The molecule has 0 saturated heterocycles. The minimum atomic E-state index is -0.402. The van der Waals surface area contributed by atoms with Gasteiger partial charge in [-0.1, -0.05) is 12.1 Å². The second-order valence-corrected chi connectivity index (χ2v) is 5.12. The van der Waals surface area contributed by atoms with Crippen LogP contribution in [0.4, 0.5) is 0 Å². The van der Waals surface area contributed by atoms with E-state index in [4.69, 9.17) is 18.9 Å². The summed E-state index contributed by atoms with van der Waals surface area (Å²) in [5, 5.41) is 9.92. The molecule has 0 radical (unpaired) electrons. The number of hydrogen-bond donors (Lipinski definition) is 1. The molecule has 5 heteroatoms. The molecule has 2 heterocycles. The van der Waals surface area contributed by atoms with Crippen LogP contribution in [0.3, 0.4) is 0 Å². The summed E-state index contributed by atoms with van der Waals surface area (Å²) >= 11 is 0. The molecule has 4 rings (SSSR count). The molecule has 21 heavy (non-hydrogen) atoms. The third-order valence-electron chi connectivity index (χ3n) is 3.60. The summed E-state index contributed by atoms with van der Waals surface area (Å²) in [6.07, 6.45) is 0.110. The molecule has 1 N–H and O–H groups in total. The number of aromatic hydroxyl groups is 1. The maximum Gasteiger partial charge on any atom is 0.245 e. The van der Waals surface area contributed by atoms with E-state index in [-0.39, 0.29) is 12.5 Å². The van der Waals surface area contributed by atoms with Crippen molar-refractivity contribution in [3.63, 3.8) is 0 Å². The summed E-state index contributed by atoms with van der Waals surface area (Å²) in [6.45, 7) is 2.12. The van der Waals surface area contributed by atoms with Crippen LogP contribution in [0, 0.1) is 6.92 Å². The fourth-order valence-electron chi connectivity index (χ4n) is 2.61. The van der Waals surface area contributed by atoms with Gasteiger partial charge in [0.2, 0.25) is 18.8 Å². The summed E-state index contributed by atoms with van der Waals surface area (Å²) in [7, 11) is 0. The van der Waals surface area contributed by atoms with Gasteiger partial charge in [0.05, 0.1) is 0 Å². The molecule has 0 saturated carbocycles. The molecule has 0 bridgehead atoms. The lowest BCUT2D eigenvalue weighted by atomic mass is 10.1. The highest BCUT2D eigenvalue weighted by atomic mass is 16.7. The first-order chi connectivity index (χ1) is 10.2. The zero-order valence-electron chi connectivity index (χ0n) is 11.5. The Balaban J connectivity index is 1.56. The van der Waals surface area contributed by atoms with Crippen LogP contribution in [0.5, 0.6) is 28.7 Å². The van der Waals surface area contributed by atoms with Gasteiger partial charge in [-0.15, -0.1) is 0 Å². The Labute approximate surface area is 121 Å². The molecule has 0 fully saturated rings. The van der Waals surface area contributed by atoms with Crippen LogP contribution in [-0.4, -0.2) is 18.2 Å². The van der Waals surface area contributed by atoms with Crippen LogP contribution in [0.2, 0.25) is 0 Å². The lowest BCUT2D eigenvalue weighted by Crippen LogP contribution is -2.20. The number of phenolic OH excluding ortho intramolecular Hbond substituents is 1. The highest BCUT2D eigenvalue weighted by Crippen LogP contribution is 2.42. The van der Waals surface area contributed by atoms with Crippen LogP contribution in [0.25, 0.3) is 0 Å². The number of benzene rings is 2. The van der Waals surface area contributed by atoms with Gasteiger partial charge in [0, 0.05) is 6.42 Å². The van der Waals surface area contributed by atoms with Crippen LogP contribution in [0.15, 0.2) is 30.3 Å². The van der Waals surface area contributed by atoms with Gasteiger partial charge in [0.15, 0.2) is 23.0 Å². The number of para-hydroxylation sites is 1. The average molecular weight is 286 g/mol. The molecule has 2 aliphatic heterocycles. The smallest absolute Gasteiger partial charge is 0.245 e. The maximum absolute atomic E-state index is 9.92. The average Bonchev–Trinajstić information content (AvgIpc) is 3.06. The highest BCUT2D eigenvalue weighted by molar-refractivity contribution is 5.54. The van der Waals surface area contributed by atoms with Gasteiger partial charge in [-0.25, -0.2) is 0 Å². The van der Waals surface area contributed by atoms with E-state index in [0.717, 1.165) is 22.6 Å². The zero-order chi connectivity index (χ0) is 14.4. The SMILES string of the molecule is Cc1cccc2c1OC(Cc1cc(O)c3c(c1)OCO3)O2. The summed E-state index contributed by atoms with van der Waals surface area (Å²) in [5.41, 5.74) is 1.91. The van der Waals surface area contributed by atoms with Crippen molar-refractivity contribution in [3.8, 4) is 28.7 Å². The summed E-state index contributed by atoms with van der Waals surface area (Å²) < 4.78 is 22.1. The van der Waals surface area contributed by atoms with Crippen LogP contribution in [0.1, 0.15) is 11.1 Å². The second kappa shape index (κ2) is 4.48. The molecule has 5 nitrogen and oxygen atoms in total. The predicted molar refractivity (Wildman–Crippen MR) is 74.2 cm³/mol. The number of aryl methyl sites for hydroxylation is 1. The van der Waals surface area contributed by atoms with Crippen molar-refractivity contribution >= 4 is 0 Å². The standard InChI is InChI=1S/C16H14O5/c1-9-3-2-4-12-15(9)21-14(20-12)7-10-5-11(17)16-13(6-10)18-8-19-16/h2-6,14,17H,7-8H2,1H3. The molecule has 0 aromatic heterocycles. The summed E-state index contributed by atoms with van der Waals surface area (Å²) in [4.78, 5) is 0. The van der Waals surface area contributed by atoms with E-state index >= 15 is 0 Å². The van der Waals surface area contributed by atoms with E-state index in [2.05, 4.69) is 0 Å².